The van der Waals surface area contributed by atoms with Crippen LogP contribution in [0.25, 0.3) is 0 Å². The number of hydrogen-bond donors (Lipinski definition) is 1. The third-order valence-corrected chi connectivity index (χ3v) is 3.47. The Balaban J connectivity index is 4.21. The van der Waals surface area contributed by atoms with Crippen LogP contribution in [-0.4, -0.2) is 50.5 Å². The highest BCUT2D eigenvalue weighted by atomic mass is 32.2. The number of nitrogens with zero attached hydrogens (tertiary/aromatic N) is 2. The van der Waals surface area contributed by atoms with E-state index in [0.29, 0.717) is 13.0 Å². The molecule has 0 aliphatic carbocycles. The normalized spacial score (nSPS) is 17.8. The molecule has 2 atom stereocenters. The molecule has 0 heterocycles. The summed E-state index contributed by atoms with van der Waals surface area (Å²) in [5, 5.41) is 8.79. The van der Waals surface area contributed by atoms with Gasteiger partial charge in [0.15, 0.2) is 0 Å². The zero-order valence-electron chi connectivity index (χ0n) is 10.4. The largest absolute Gasteiger partial charge is 0.314 e. The molecule has 0 saturated carbocycles. The molecule has 0 spiro atoms. The van der Waals surface area contributed by atoms with E-state index in [1.807, 2.05) is 24.9 Å². The molecular weight excluding hydrogens is 226 g/mol. The Kier molecular flexibility index (Phi) is 5.39. The van der Waals surface area contributed by atoms with Gasteiger partial charge in [0.05, 0.1) is 11.8 Å². The van der Waals surface area contributed by atoms with Gasteiger partial charge >= 0.3 is 0 Å². The Bertz CT molecular complexity index is 357. The SMILES string of the molecule is CC(CC(C)(N)C#N)N(C)CCS(C)(=O)=O. The average Bonchev–Trinajstić information content (AvgIpc) is 2.12. The zero-order chi connectivity index (χ0) is 13.0. The van der Waals surface area contributed by atoms with Gasteiger partial charge in [-0.2, -0.15) is 5.26 Å². The summed E-state index contributed by atoms with van der Waals surface area (Å²) in [5.41, 5.74) is 4.87. The Hall–Kier alpha value is -0.640. The predicted molar refractivity (Wildman–Crippen MR) is 64.6 cm³/mol. The molecule has 0 aromatic carbocycles. The van der Waals surface area contributed by atoms with E-state index in [2.05, 4.69) is 0 Å². The van der Waals surface area contributed by atoms with Crippen molar-refractivity contribution in [3.8, 4) is 6.07 Å². The summed E-state index contributed by atoms with van der Waals surface area (Å²) in [7, 11) is -1.10. The molecular formula is C10H21N3O2S. The molecule has 2 unspecified atom stereocenters. The highest BCUT2D eigenvalue weighted by Gasteiger charge is 2.23. The fourth-order valence-electron chi connectivity index (χ4n) is 1.35. The van der Waals surface area contributed by atoms with E-state index in [1.165, 1.54) is 6.26 Å². The van der Waals surface area contributed by atoms with Crippen molar-refractivity contribution in [2.24, 2.45) is 5.73 Å². The quantitative estimate of drug-likeness (QED) is 0.713. The number of sulfone groups is 1. The summed E-state index contributed by atoms with van der Waals surface area (Å²) >= 11 is 0. The second kappa shape index (κ2) is 5.62. The van der Waals surface area contributed by atoms with E-state index in [4.69, 9.17) is 11.0 Å². The third-order valence-electron chi connectivity index (χ3n) is 2.54. The van der Waals surface area contributed by atoms with Crippen LogP contribution in [0, 0.1) is 11.3 Å². The van der Waals surface area contributed by atoms with Gasteiger partial charge in [0.1, 0.15) is 15.4 Å². The zero-order valence-corrected chi connectivity index (χ0v) is 11.2. The minimum Gasteiger partial charge on any atom is -0.314 e. The molecule has 0 aromatic rings. The van der Waals surface area contributed by atoms with Crippen LogP contribution in [0.5, 0.6) is 0 Å². The lowest BCUT2D eigenvalue weighted by atomic mass is 9.96. The topological polar surface area (TPSA) is 87.2 Å². The molecule has 0 fully saturated rings. The second-order valence-corrected chi connectivity index (χ2v) is 6.95. The van der Waals surface area contributed by atoms with E-state index in [-0.39, 0.29) is 11.8 Å². The highest BCUT2D eigenvalue weighted by molar-refractivity contribution is 7.90. The summed E-state index contributed by atoms with van der Waals surface area (Å²) in [6.45, 7) is 4.07. The van der Waals surface area contributed by atoms with Crippen molar-refractivity contribution in [2.75, 3.05) is 25.6 Å². The smallest absolute Gasteiger partial charge is 0.148 e. The molecule has 6 heteroatoms. The van der Waals surface area contributed by atoms with Crippen molar-refractivity contribution in [1.29, 1.82) is 5.26 Å². The molecule has 16 heavy (non-hydrogen) atoms. The van der Waals surface area contributed by atoms with Gasteiger partial charge in [-0.3, -0.25) is 0 Å². The molecule has 94 valence electrons. The third kappa shape index (κ3) is 6.77. The van der Waals surface area contributed by atoms with Gasteiger partial charge in [0.2, 0.25) is 0 Å². The highest BCUT2D eigenvalue weighted by Crippen LogP contribution is 2.11. The fraction of sp³-hybridized carbons (Fsp3) is 0.900. The van der Waals surface area contributed by atoms with Gasteiger partial charge in [0.25, 0.3) is 0 Å². The van der Waals surface area contributed by atoms with E-state index in [1.54, 1.807) is 6.92 Å². The molecule has 0 bridgehead atoms. The van der Waals surface area contributed by atoms with Gasteiger partial charge in [-0.1, -0.05) is 0 Å². The lowest BCUT2D eigenvalue weighted by Crippen LogP contribution is -2.43. The Morgan fingerprint density at radius 3 is 2.44 bits per heavy atom. The maximum atomic E-state index is 11.0. The first-order valence-corrected chi connectivity index (χ1v) is 7.21. The molecule has 0 aliphatic heterocycles. The lowest BCUT2D eigenvalue weighted by molar-refractivity contribution is 0.237. The van der Waals surface area contributed by atoms with Gasteiger partial charge in [-0.25, -0.2) is 8.42 Å². The standard InChI is InChI=1S/C10H21N3O2S/c1-9(7-10(2,12)8-11)13(3)5-6-16(4,14)15/h9H,5-7,12H2,1-4H3. The van der Waals surface area contributed by atoms with Crippen LogP contribution in [0.1, 0.15) is 20.3 Å². The van der Waals surface area contributed by atoms with Crippen LogP contribution in [0.15, 0.2) is 0 Å². The molecule has 0 radical (unpaired) electrons. The minimum absolute atomic E-state index is 0.0800. The average molecular weight is 247 g/mol. The van der Waals surface area contributed by atoms with Crippen LogP contribution in [0.3, 0.4) is 0 Å². The van der Waals surface area contributed by atoms with Crippen LogP contribution < -0.4 is 5.73 Å². The summed E-state index contributed by atoms with van der Waals surface area (Å²) in [6.07, 6.45) is 1.73. The summed E-state index contributed by atoms with van der Waals surface area (Å²) in [5.74, 6) is 0.127. The summed E-state index contributed by atoms with van der Waals surface area (Å²) in [6, 6.07) is 2.11. The fourth-order valence-corrected chi connectivity index (χ4v) is 1.96. The Morgan fingerprint density at radius 2 is 2.06 bits per heavy atom. The van der Waals surface area contributed by atoms with E-state index in [0.717, 1.165) is 0 Å². The maximum absolute atomic E-state index is 11.0. The molecule has 0 aliphatic rings. The van der Waals surface area contributed by atoms with Crippen LogP contribution in [0.4, 0.5) is 0 Å². The number of hydrogen-bond acceptors (Lipinski definition) is 5. The molecule has 2 N–H and O–H groups in total. The van der Waals surface area contributed by atoms with Crippen LogP contribution in [0.2, 0.25) is 0 Å². The van der Waals surface area contributed by atoms with Gasteiger partial charge in [-0.15, -0.1) is 0 Å². The predicted octanol–water partition coefficient (Wildman–Crippen LogP) is -0.0176. The summed E-state index contributed by atoms with van der Waals surface area (Å²) < 4.78 is 22.0. The first-order chi connectivity index (χ1) is 7.07. The van der Waals surface area contributed by atoms with E-state index < -0.39 is 15.4 Å². The van der Waals surface area contributed by atoms with Crippen molar-refractivity contribution >= 4 is 9.84 Å². The maximum Gasteiger partial charge on any atom is 0.148 e. The number of nitrogens with two attached hydrogens (primary N) is 1. The molecule has 5 nitrogen and oxygen atoms in total. The van der Waals surface area contributed by atoms with Crippen molar-refractivity contribution in [2.45, 2.75) is 31.8 Å². The first-order valence-electron chi connectivity index (χ1n) is 5.15. The molecule has 0 aromatic heterocycles. The van der Waals surface area contributed by atoms with E-state index >= 15 is 0 Å². The monoisotopic (exact) mass is 247 g/mol. The molecule has 0 saturated heterocycles. The van der Waals surface area contributed by atoms with Crippen molar-refractivity contribution in [3.05, 3.63) is 0 Å². The Morgan fingerprint density at radius 1 is 1.56 bits per heavy atom. The first kappa shape index (κ1) is 15.4. The van der Waals surface area contributed by atoms with Gasteiger partial charge in [0, 0.05) is 18.8 Å². The second-order valence-electron chi connectivity index (χ2n) is 4.69. The Labute approximate surface area is 98.1 Å². The van der Waals surface area contributed by atoms with Crippen LogP contribution >= 0.6 is 0 Å². The lowest BCUT2D eigenvalue weighted by Gasteiger charge is -2.28. The van der Waals surface area contributed by atoms with Crippen molar-refractivity contribution in [1.82, 2.24) is 4.90 Å². The minimum atomic E-state index is -2.94. The number of rotatable bonds is 6. The van der Waals surface area contributed by atoms with Crippen molar-refractivity contribution < 1.29 is 8.42 Å². The number of nitriles is 1. The molecule has 0 amide bonds. The van der Waals surface area contributed by atoms with Crippen LogP contribution in [-0.2, 0) is 9.84 Å². The van der Waals surface area contributed by atoms with Crippen molar-refractivity contribution in [3.63, 3.8) is 0 Å². The summed E-state index contributed by atoms with van der Waals surface area (Å²) in [4.78, 5) is 1.91. The van der Waals surface area contributed by atoms with Gasteiger partial charge < -0.3 is 10.6 Å². The van der Waals surface area contributed by atoms with Gasteiger partial charge in [-0.05, 0) is 27.3 Å². The van der Waals surface area contributed by atoms with E-state index in [9.17, 15) is 8.42 Å². The molecule has 0 rings (SSSR count).